The van der Waals surface area contributed by atoms with Gasteiger partial charge in [-0.1, -0.05) is 0 Å². The van der Waals surface area contributed by atoms with Crippen molar-refractivity contribution >= 4 is 40.1 Å². The molecule has 3 aromatic rings. The van der Waals surface area contributed by atoms with Gasteiger partial charge in [0.15, 0.2) is 5.58 Å². The number of amides is 2. The first-order valence-corrected chi connectivity index (χ1v) is 7.78. The van der Waals surface area contributed by atoms with Crippen LogP contribution >= 0.6 is 11.5 Å². The van der Waals surface area contributed by atoms with Gasteiger partial charge in [-0.05, 0) is 25.4 Å². The highest BCUT2D eigenvalue weighted by atomic mass is 32.1. The molecule has 0 atom stereocenters. The summed E-state index contributed by atoms with van der Waals surface area (Å²) in [5.74, 6) is -0.617. The number of furan rings is 1. The van der Waals surface area contributed by atoms with Crippen LogP contribution in [0.2, 0.25) is 0 Å². The van der Waals surface area contributed by atoms with Gasteiger partial charge in [0.2, 0.25) is 5.91 Å². The highest BCUT2D eigenvalue weighted by Gasteiger charge is 2.16. The molecule has 0 saturated heterocycles. The van der Waals surface area contributed by atoms with E-state index in [1.165, 1.54) is 11.5 Å². The highest BCUT2D eigenvalue weighted by molar-refractivity contribution is 7.06. The fourth-order valence-corrected chi connectivity index (χ4v) is 3.02. The van der Waals surface area contributed by atoms with E-state index in [0.29, 0.717) is 17.0 Å². The van der Waals surface area contributed by atoms with Crippen LogP contribution in [0.5, 0.6) is 0 Å². The molecule has 8 heteroatoms. The van der Waals surface area contributed by atoms with Crippen molar-refractivity contribution in [3.63, 3.8) is 0 Å². The van der Waals surface area contributed by atoms with E-state index in [1.807, 2.05) is 13.8 Å². The molecule has 120 valence electrons. The Labute approximate surface area is 136 Å². The van der Waals surface area contributed by atoms with Crippen molar-refractivity contribution in [1.82, 2.24) is 14.3 Å². The van der Waals surface area contributed by atoms with Gasteiger partial charge >= 0.3 is 0 Å². The van der Waals surface area contributed by atoms with Gasteiger partial charge in [-0.2, -0.15) is 4.37 Å². The predicted octanol–water partition coefficient (Wildman–Crippen LogP) is 2.21. The minimum absolute atomic E-state index is 0.111. The highest BCUT2D eigenvalue weighted by Crippen LogP contribution is 2.22. The van der Waals surface area contributed by atoms with E-state index in [9.17, 15) is 9.59 Å². The van der Waals surface area contributed by atoms with Crippen LogP contribution in [0.4, 0.5) is 5.69 Å². The molecule has 3 aromatic heterocycles. The van der Waals surface area contributed by atoms with Crippen molar-refractivity contribution in [3.05, 3.63) is 34.7 Å². The van der Waals surface area contributed by atoms with Crippen LogP contribution < -0.4 is 10.6 Å². The van der Waals surface area contributed by atoms with Crippen molar-refractivity contribution in [3.8, 4) is 0 Å². The average Bonchev–Trinajstić information content (AvgIpc) is 3.18. The molecule has 0 aliphatic carbocycles. The molecule has 0 fully saturated rings. The van der Waals surface area contributed by atoms with Crippen molar-refractivity contribution in [2.45, 2.75) is 13.8 Å². The number of carbonyl (C=O) groups excluding carboxylic acids is 2. The lowest BCUT2D eigenvalue weighted by molar-refractivity contribution is -0.115. The van der Waals surface area contributed by atoms with Crippen molar-refractivity contribution in [2.75, 3.05) is 11.9 Å². The number of aryl methyl sites for hydroxylation is 3. The quantitative estimate of drug-likeness (QED) is 0.766. The number of anilines is 1. The van der Waals surface area contributed by atoms with Gasteiger partial charge in [-0.15, -0.1) is 0 Å². The maximum atomic E-state index is 12.2. The monoisotopic (exact) mass is 332 g/mol. The Balaban J connectivity index is 1.63. The molecule has 0 aromatic carbocycles. The summed E-state index contributed by atoms with van der Waals surface area (Å²) in [5.41, 5.74) is 3.39. The molecule has 0 saturated carbocycles. The maximum Gasteiger partial charge on any atom is 0.268 e. The van der Waals surface area contributed by atoms with Gasteiger partial charge in [-0.25, -0.2) is 0 Å². The second-order valence-electron chi connectivity index (χ2n) is 5.19. The molecule has 0 aliphatic rings. The predicted molar refractivity (Wildman–Crippen MR) is 87.7 cm³/mol. The van der Waals surface area contributed by atoms with Gasteiger partial charge in [0.25, 0.3) is 5.91 Å². The number of fused-ring (bicyclic) bond motifs is 1. The van der Waals surface area contributed by atoms with Crippen LogP contribution in [0, 0.1) is 13.8 Å². The lowest BCUT2D eigenvalue weighted by Crippen LogP contribution is -2.33. The summed E-state index contributed by atoms with van der Waals surface area (Å²) in [4.78, 5) is 25.1. The van der Waals surface area contributed by atoms with E-state index in [0.717, 1.165) is 16.1 Å². The first kappa shape index (κ1) is 15.3. The molecule has 2 N–H and O–H groups in total. The first-order valence-electron chi connectivity index (χ1n) is 7.01. The summed E-state index contributed by atoms with van der Waals surface area (Å²) >= 11 is 1.33. The molecular formula is C15H16N4O3S. The van der Waals surface area contributed by atoms with Gasteiger partial charge in [-0.3, -0.25) is 9.59 Å². The molecule has 0 bridgehead atoms. The molecule has 23 heavy (non-hydrogen) atoms. The Morgan fingerprint density at radius 3 is 2.83 bits per heavy atom. The van der Waals surface area contributed by atoms with Crippen molar-refractivity contribution < 1.29 is 14.0 Å². The number of hydrogen-bond donors (Lipinski definition) is 2. The Hall–Kier alpha value is -2.61. The van der Waals surface area contributed by atoms with E-state index < -0.39 is 0 Å². The van der Waals surface area contributed by atoms with E-state index in [4.69, 9.17) is 4.42 Å². The normalized spacial score (nSPS) is 10.9. The standard InChI is InChI=1S/C15H16N4O3S/c1-8-14(9(2)23-18-8)17-13(20)7-16-15(21)11-6-12-10(19(11)3)4-5-22-12/h4-6H,7H2,1-3H3,(H,16,21)(H,17,20). The topological polar surface area (TPSA) is 89.2 Å². The van der Waals surface area contributed by atoms with Crippen LogP contribution in [0.15, 0.2) is 22.8 Å². The summed E-state index contributed by atoms with van der Waals surface area (Å²) < 4.78 is 11.2. The molecule has 0 spiro atoms. The SMILES string of the molecule is Cc1nsc(C)c1NC(=O)CNC(=O)c1cc2occc2n1C. The minimum atomic E-state index is -0.328. The number of carbonyl (C=O) groups is 2. The summed E-state index contributed by atoms with van der Waals surface area (Å²) in [6.45, 7) is 3.61. The number of nitrogens with zero attached hydrogens (tertiary/aromatic N) is 2. The van der Waals surface area contributed by atoms with Gasteiger partial charge in [0, 0.05) is 24.1 Å². The van der Waals surface area contributed by atoms with Crippen molar-refractivity contribution in [2.24, 2.45) is 7.05 Å². The molecule has 3 rings (SSSR count). The molecule has 3 heterocycles. The molecule has 7 nitrogen and oxygen atoms in total. The van der Waals surface area contributed by atoms with Crippen LogP contribution in [0.25, 0.3) is 11.1 Å². The summed E-state index contributed by atoms with van der Waals surface area (Å²) in [7, 11) is 1.77. The second-order valence-corrected chi connectivity index (χ2v) is 6.17. The maximum absolute atomic E-state index is 12.2. The van der Waals surface area contributed by atoms with Crippen molar-refractivity contribution in [1.29, 1.82) is 0 Å². The van der Waals surface area contributed by atoms with Crippen LogP contribution in [0.1, 0.15) is 21.1 Å². The summed E-state index contributed by atoms with van der Waals surface area (Å²) in [5, 5.41) is 5.38. The molecule has 0 aliphatic heterocycles. The zero-order valence-corrected chi connectivity index (χ0v) is 13.8. The van der Waals surface area contributed by atoms with Gasteiger partial charge in [0.05, 0.1) is 29.7 Å². The summed E-state index contributed by atoms with van der Waals surface area (Å²) in [6, 6.07) is 3.44. The summed E-state index contributed by atoms with van der Waals surface area (Å²) in [6.07, 6.45) is 1.57. The van der Waals surface area contributed by atoms with Gasteiger partial charge < -0.3 is 19.6 Å². The van der Waals surface area contributed by atoms with Crippen LogP contribution in [-0.4, -0.2) is 27.3 Å². The number of nitrogens with one attached hydrogen (secondary N) is 2. The third-order valence-corrected chi connectivity index (χ3v) is 4.45. The van der Waals surface area contributed by atoms with Crippen LogP contribution in [0.3, 0.4) is 0 Å². The number of rotatable bonds is 4. The third kappa shape index (κ3) is 2.85. The van der Waals surface area contributed by atoms with E-state index >= 15 is 0 Å². The number of aromatic nitrogens is 2. The molecule has 0 radical (unpaired) electrons. The second kappa shape index (κ2) is 5.88. The van der Waals surface area contributed by atoms with E-state index in [1.54, 1.807) is 30.0 Å². The van der Waals surface area contributed by atoms with Crippen LogP contribution in [-0.2, 0) is 11.8 Å². The minimum Gasteiger partial charge on any atom is -0.463 e. The smallest absolute Gasteiger partial charge is 0.268 e. The van der Waals surface area contributed by atoms with E-state index in [2.05, 4.69) is 15.0 Å². The Morgan fingerprint density at radius 2 is 2.17 bits per heavy atom. The zero-order chi connectivity index (χ0) is 16.6. The average molecular weight is 332 g/mol. The Kier molecular flexibility index (Phi) is 3.91. The number of hydrogen-bond acceptors (Lipinski definition) is 5. The first-order chi connectivity index (χ1) is 11.0. The molecule has 2 amide bonds. The third-order valence-electron chi connectivity index (χ3n) is 3.60. The fourth-order valence-electron chi connectivity index (χ4n) is 2.36. The molecular weight excluding hydrogens is 316 g/mol. The zero-order valence-electron chi connectivity index (χ0n) is 13.0. The Bertz CT molecular complexity index is 870. The lowest BCUT2D eigenvalue weighted by atomic mass is 10.3. The van der Waals surface area contributed by atoms with Gasteiger partial charge in [0.1, 0.15) is 5.69 Å². The molecule has 0 unspecified atom stereocenters. The Morgan fingerprint density at radius 1 is 1.39 bits per heavy atom. The lowest BCUT2D eigenvalue weighted by Gasteiger charge is -2.08. The fraction of sp³-hybridized carbons (Fsp3) is 0.267. The van der Waals surface area contributed by atoms with E-state index in [-0.39, 0.29) is 18.4 Å². The largest absolute Gasteiger partial charge is 0.463 e.